The van der Waals surface area contributed by atoms with Crippen LogP contribution in [0.2, 0.25) is 0 Å². The molecule has 1 heterocycles. The average Bonchev–Trinajstić information content (AvgIpc) is 2.45. The average molecular weight is 262 g/mol. The van der Waals surface area contributed by atoms with Crippen LogP contribution in [0.25, 0.3) is 0 Å². The molecule has 1 aromatic heterocycles. The standard InChI is InChI=1S/C15H26N4/c1-4-13-14(5-2)18-19-15(17-13)16-10-12-8-6-7-11(3)9-12/h11-12H,4-10H2,1-3H3,(H,16,17,19). The summed E-state index contributed by atoms with van der Waals surface area (Å²) in [6.07, 6.45) is 7.24. The number of aromatic nitrogens is 3. The van der Waals surface area contributed by atoms with Gasteiger partial charge in [-0.05, 0) is 37.5 Å². The molecule has 0 aliphatic heterocycles. The summed E-state index contributed by atoms with van der Waals surface area (Å²) in [5.41, 5.74) is 2.11. The number of rotatable bonds is 5. The Morgan fingerprint density at radius 2 is 1.89 bits per heavy atom. The van der Waals surface area contributed by atoms with Gasteiger partial charge in [0.15, 0.2) is 0 Å². The second-order valence-corrected chi connectivity index (χ2v) is 5.75. The van der Waals surface area contributed by atoms with Crippen molar-refractivity contribution in [2.45, 2.75) is 59.3 Å². The Labute approximate surface area is 116 Å². The zero-order valence-electron chi connectivity index (χ0n) is 12.4. The Hall–Kier alpha value is -1.19. The number of aryl methyl sites for hydroxylation is 2. The van der Waals surface area contributed by atoms with E-state index in [1.54, 1.807) is 0 Å². The molecule has 106 valence electrons. The van der Waals surface area contributed by atoms with E-state index in [9.17, 15) is 0 Å². The van der Waals surface area contributed by atoms with Crippen molar-refractivity contribution < 1.29 is 0 Å². The molecule has 2 atom stereocenters. The first-order valence-corrected chi connectivity index (χ1v) is 7.69. The zero-order valence-corrected chi connectivity index (χ0v) is 12.4. The first-order valence-electron chi connectivity index (χ1n) is 7.69. The fraction of sp³-hybridized carbons (Fsp3) is 0.800. The minimum Gasteiger partial charge on any atom is -0.353 e. The smallest absolute Gasteiger partial charge is 0.242 e. The van der Waals surface area contributed by atoms with E-state index in [2.05, 4.69) is 41.3 Å². The molecule has 1 N–H and O–H groups in total. The fourth-order valence-corrected chi connectivity index (χ4v) is 2.99. The lowest BCUT2D eigenvalue weighted by atomic mass is 9.82. The summed E-state index contributed by atoms with van der Waals surface area (Å²) in [7, 11) is 0. The van der Waals surface area contributed by atoms with Gasteiger partial charge in [0.05, 0.1) is 11.4 Å². The van der Waals surface area contributed by atoms with Crippen molar-refractivity contribution in [3.05, 3.63) is 11.4 Å². The van der Waals surface area contributed by atoms with Gasteiger partial charge < -0.3 is 5.32 Å². The molecule has 0 saturated heterocycles. The van der Waals surface area contributed by atoms with Crippen LogP contribution in [0, 0.1) is 11.8 Å². The van der Waals surface area contributed by atoms with Crippen molar-refractivity contribution in [1.29, 1.82) is 0 Å². The summed E-state index contributed by atoms with van der Waals surface area (Å²) in [6.45, 7) is 7.56. The summed E-state index contributed by atoms with van der Waals surface area (Å²) in [5.74, 6) is 2.34. The molecule has 1 aliphatic carbocycles. The van der Waals surface area contributed by atoms with Crippen molar-refractivity contribution in [3.63, 3.8) is 0 Å². The van der Waals surface area contributed by atoms with Crippen LogP contribution in [0.1, 0.15) is 57.8 Å². The van der Waals surface area contributed by atoms with Gasteiger partial charge >= 0.3 is 0 Å². The van der Waals surface area contributed by atoms with E-state index in [0.717, 1.165) is 42.6 Å². The Bertz CT molecular complexity index is 405. The predicted molar refractivity (Wildman–Crippen MR) is 78.2 cm³/mol. The van der Waals surface area contributed by atoms with Crippen LogP contribution >= 0.6 is 0 Å². The van der Waals surface area contributed by atoms with Crippen molar-refractivity contribution >= 4 is 5.95 Å². The first-order chi connectivity index (χ1) is 9.22. The quantitative estimate of drug-likeness (QED) is 0.885. The second-order valence-electron chi connectivity index (χ2n) is 5.75. The molecular weight excluding hydrogens is 236 g/mol. The Morgan fingerprint density at radius 1 is 1.11 bits per heavy atom. The van der Waals surface area contributed by atoms with E-state index < -0.39 is 0 Å². The Kier molecular flexibility index (Phi) is 5.11. The third-order valence-electron chi connectivity index (χ3n) is 4.10. The van der Waals surface area contributed by atoms with Crippen molar-refractivity contribution in [1.82, 2.24) is 15.2 Å². The molecular formula is C15H26N4. The van der Waals surface area contributed by atoms with E-state index in [1.807, 2.05) is 0 Å². The van der Waals surface area contributed by atoms with Gasteiger partial charge in [-0.3, -0.25) is 0 Å². The summed E-state index contributed by atoms with van der Waals surface area (Å²) in [5, 5.41) is 11.8. The highest BCUT2D eigenvalue weighted by Crippen LogP contribution is 2.28. The molecule has 2 rings (SSSR count). The lowest BCUT2D eigenvalue weighted by molar-refractivity contribution is 0.293. The zero-order chi connectivity index (χ0) is 13.7. The fourth-order valence-electron chi connectivity index (χ4n) is 2.99. The second kappa shape index (κ2) is 6.83. The van der Waals surface area contributed by atoms with Crippen molar-refractivity contribution in [2.24, 2.45) is 11.8 Å². The van der Waals surface area contributed by atoms with Gasteiger partial charge in [0.1, 0.15) is 0 Å². The van der Waals surface area contributed by atoms with Gasteiger partial charge in [-0.15, -0.1) is 5.10 Å². The van der Waals surface area contributed by atoms with Crippen LogP contribution in [-0.2, 0) is 12.8 Å². The van der Waals surface area contributed by atoms with Crippen molar-refractivity contribution in [2.75, 3.05) is 11.9 Å². The molecule has 19 heavy (non-hydrogen) atoms. The van der Waals surface area contributed by atoms with E-state index >= 15 is 0 Å². The minimum absolute atomic E-state index is 0.701. The molecule has 1 aliphatic rings. The number of nitrogens with one attached hydrogen (secondary N) is 1. The van der Waals surface area contributed by atoms with Gasteiger partial charge in [-0.1, -0.05) is 33.6 Å². The van der Waals surface area contributed by atoms with E-state index in [-0.39, 0.29) is 0 Å². The monoisotopic (exact) mass is 262 g/mol. The summed E-state index contributed by atoms with van der Waals surface area (Å²) in [4.78, 5) is 4.58. The summed E-state index contributed by atoms with van der Waals surface area (Å²) < 4.78 is 0. The number of nitrogens with zero attached hydrogens (tertiary/aromatic N) is 3. The molecule has 0 spiro atoms. The van der Waals surface area contributed by atoms with Crippen LogP contribution < -0.4 is 5.32 Å². The van der Waals surface area contributed by atoms with Gasteiger partial charge in [0, 0.05) is 6.54 Å². The van der Waals surface area contributed by atoms with E-state index in [1.165, 1.54) is 25.7 Å². The van der Waals surface area contributed by atoms with Gasteiger partial charge in [-0.2, -0.15) is 5.10 Å². The number of hydrogen-bond donors (Lipinski definition) is 1. The highest BCUT2D eigenvalue weighted by Gasteiger charge is 2.19. The molecule has 0 bridgehead atoms. The highest BCUT2D eigenvalue weighted by molar-refractivity contribution is 5.25. The molecule has 1 aromatic rings. The van der Waals surface area contributed by atoms with Crippen LogP contribution in [0.5, 0.6) is 0 Å². The molecule has 0 aromatic carbocycles. The minimum atomic E-state index is 0.701. The molecule has 4 heteroatoms. The maximum absolute atomic E-state index is 4.58. The van der Waals surface area contributed by atoms with Gasteiger partial charge in [0.2, 0.25) is 5.95 Å². The normalized spacial score (nSPS) is 23.3. The summed E-state index contributed by atoms with van der Waals surface area (Å²) >= 11 is 0. The molecule has 4 nitrogen and oxygen atoms in total. The van der Waals surface area contributed by atoms with E-state index in [4.69, 9.17) is 0 Å². The topological polar surface area (TPSA) is 50.7 Å². The lowest BCUT2D eigenvalue weighted by Crippen LogP contribution is -2.22. The molecule has 0 radical (unpaired) electrons. The van der Waals surface area contributed by atoms with Crippen LogP contribution in [0.15, 0.2) is 0 Å². The predicted octanol–water partition coefficient (Wildman–Crippen LogP) is 3.23. The largest absolute Gasteiger partial charge is 0.353 e. The summed E-state index contributed by atoms with van der Waals surface area (Å²) in [6, 6.07) is 0. The third-order valence-corrected chi connectivity index (χ3v) is 4.10. The maximum Gasteiger partial charge on any atom is 0.242 e. The Balaban J connectivity index is 1.92. The lowest BCUT2D eigenvalue weighted by Gasteiger charge is -2.26. The van der Waals surface area contributed by atoms with Crippen LogP contribution in [0.4, 0.5) is 5.95 Å². The number of hydrogen-bond acceptors (Lipinski definition) is 4. The van der Waals surface area contributed by atoms with E-state index in [0.29, 0.717) is 5.95 Å². The van der Waals surface area contributed by atoms with Crippen molar-refractivity contribution in [3.8, 4) is 0 Å². The van der Waals surface area contributed by atoms with Gasteiger partial charge in [0.25, 0.3) is 0 Å². The molecule has 0 amide bonds. The Morgan fingerprint density at radius 3 is 2.58 bits per heavy atom. The molecule has 1 saturated carbocycles. The van der Waals surface area contributed by atoms with Gasteiger partial charge in [-0.25, -0.2) is 4.98 Å². The van der Waals surface area contributed by atoms with Crippen LogP contribution in [0.3, 0.4) is 0 Å². The van der Waals surface area contributed by atoms with Crippen LogP contribution in [-0.4, -0.2) is 21.7 Å². The molecule has 2 unspecified atom stereocenters. The maximum atomic E-state index is 4.58. The number of anilines is 1. The third kappa shape index (κ3) is 3.88. The molecule has 1 fully saturated rings. The first kappa shape index (κ1) is 14.2. The highest BCUT2D eigenvalue weighted by atomic mass is 15.2. The SMILES string of the molecule is CCc1nnc(NCC2CCCC(C)C2)nc1CC.